The van der Waals surface area contributed by atoms with E-state index in [-0.39, 0.29) is 6.42 Å². The topological polar surface area (TPSA) is 57.5 Å². The van der Waals surface area contributed by atoms with Crippen molar-refractivity contribution in [1.82, 2.24) is 0 Å². The molecular formula is C12H14O3. The second-order valence-electron chi connectivity index (χ2n) is 4.01. The molecule has 1 aromatic rings. The maximum absolute atomic E-state index is 10.5. The first-order valence-electron chi connectivity index (χ1n) is 5.21. The molecule has 0 fully saturated rings. The molecule has 0 bridgehead atoms. The van der Waals surface area contributed by atoms with E-state index in [9.17, 15) is 9.90 Å². The molecule has 0 saturated heterocycles. The molecule has 0 aliphatic heterocycles. The van der Waals surface area contributed by atoms with Crippen LogP contribution in [0.15, 0.2) is 18.2 Å². The minimum Gasteiger partial charge on any atom is -0.508 e. The van der Waals surface area contributed by atoms with Gasteiger partial charge in [0, 0.05) is 6.42 Å². The standard InChI is InChI=1S/C12H14O3/c13-11-3-1-2-9-8(4-6-10(9)11)5-7-12(14)15/h1-3,8,13H,4-7H2,(H,14,15). The van der Waals surface area contributed by atoms with E-state index in [0.29, 0.717) is 18.1 Å². The molecule has 0 radical (unpaired) electrons. The lowest BCUT2D eigenvalue weighted by molar-refractivity contribution is -0.137. The molecule has 1 aliphatic rings. The zero-order valence-electron chi connectivity index (χ0n) is 8.44. The van der Waals surface area contributed by atoms with Crippen LogP contribution in [0.5, 0.6) is 5.75 Å². The lowest BCUT2D eigenvalue weighted by Gasteiger charge is -2.09. The highest BCUT2D eigenvalue weighted by Crippen LogP contribution is 2.39. The van der Waals surface area contributed by atoms with Crippen molar-refractivity contribution in [2.75, 3.05) is 0 Å². The fourth-order valence-electron chi connectivity index (χ4n) is 2.32. The van der Waals surface area contributed by atoms with E-state index in [1.54, 1.807) is 6.07 Å². The van der Waals surface area contributed by atoms with Crippen LogP contribution in [-0.2, 0) is 11.2 Å². The summed E-state index contributed by atoms with van der Waals surface area (Å²) >= 11 is 0. The Balaban J connectivity index is 2.14. The number of aliphatic carboxylic acids is 1. The largest absolute Gasteiger partial charge is 0.508 e. The Labute approximate surface area is 88.4 Å². The summed E-state index contributed by atoms with van der Waals surface area (Å²) in [6.45, 7) is 0. The first kappa shape index (κ1) is 10.0. The van der Waals surface area contributed by atoms with Crippen LogP contribution in [0.1, 0.15) is 36.3 Å². The molecule has 80 valence electrons. The number of hydrogen-bond acceptors (Lipinski definition) is 2. The summed E-state index contributed by atoms with van der Waals surface area (Å²) in [4.78, 5) is 10.5. The molecule has 2 rings (SSSR count). The Kier molecular flexibility index (Phi) is 2.62. The Morgan fingerprint density at radius 2 is 2.27 bits per heavy atom. The summed E-state index contributed by atoms with van der Waals surface area (Å²) in [6, 6.07) is 5.51. The smallest absolute Gasteiger partial charge is 0.303 e. The lowest BCUT2D eigenvalue weighted by atomic mass is 9.96. The number of fused-ring (bicyclic) bond motifs is 1. The highest BCUT2D eigenvalue weighted by molar-refractivity contribution is 5.66. The van der Waals surface area contributed by atoms with Gasteiger partial charge in [0.1, 0.15) is 5.75 Å². The van der Waals surface area contributed by atoms with Crippen molar-refractivity contribution >= 4 is 5.97 Å². The quantitative estimate of drug-likeness (QED) is 0.797. The number of hydrogen-bond donors (Lipinski definition) is 2. The van der Waals surface area contributed by atoms with E-state index < -0.39 is 5.97 Å². The Morgan fingerprint density at radius 3 is 3.00 bits per heavy atom. The number of rotatable bonds is 3. The molecule has 3 heteroatoms. The van der Waals surface area contributed by atoms with Gasteiger partial charge in [-0.15, -0.1) is 0 Å². The predicted octanol–water partition coefficient (Wildman–Crippen LogP) is 2.29. The second kappa shape index (κ2) is 3.93. The maximum Gasteiger partial charge on any atom is 0.303 e. The molecule has 1 aliphatic carbocycles. The summed E-state index contributed by atoms with van der Waals surface area (Å²) in [7, 11) is 0. The number of benzene rings is 1. The van der Waals surface area contributed by atoms with Gasteiger partial charge < -0.3 is 10.2 Å². The number of phenols is 1. The van der Waals surface area contributed by atoms with Gasteiger partial charge in [-0.1, -0.05) is 12.1 Å². The summed E-state index contributed by atoms with van der Waals surface area (Å²) < 4.78 is 0. The zero-order valence-corrected chi connectivity index (χ0v) is 8.44. The Bertz CT molecular complexity index is 384. The van der Waals surface area contributed by atoms with Crippen LogP contribution in [0.25, 0.3) is 0 Å². The molecule has 1 aromatic carbocycles. The van der Waals surface area contributed by atoms with Crippen LogP contribution in [-0.4, -0.2) is 16.2 Å². The lowest BCUT2D eigenvalue weighted by Crippen LogP contribution is -2.00. The van der Waals surface area contributed by atoms with Gasteiger partial charge in [-0.2, -0.15) is 0 Å². The van der Waals surface area contributed by atoms with E-state index in [4.69, 9.17) is 5.11 Å². The molecule has 15 heavy (non-hydrogen) atoms. The van der Waals surface area contributed by atoms with Crippen LogP contribution in [0.2, 0.25) is 0 Å². The van der Waals surface area contributed by atoms with Crippen molar-refractivity contribution < 1.29 is 15.0 Å². The molecule has 0 saturated carbocycles. The van der Waals surface area contributed by atoms with Crippen LogP contribution in [0.4, 0.5) is 0 Å². The molecule has 0 spiro atoms. The van der Waals surface area contributed by atoms with Crippen LogP contribution < -0.4 is 0 Å². The highest BCUT2D eigenvalue weighted by atomic mass is 16.4. The van der Waals surface area contributed by atoms with Gasteiger partial charge in [0.05, 0.1) is 0 Å². The van der Waals surface area contributed by atoms with E-state index in [1.165, 1.54) is 0 Å². The minimum atomic E-state index is -0.747. The number of carbonyl (C=O) groups is 1. The molecular weight excluding hydrogens is 192 g/mol. The third-order valence-corrected chi connectivity index (χ3v) is 3.08. The van der Waals surface area contributed by atoms with E-state index >= 15 is 0 Å². The predicted molar refractivity (Wildman–Crippen MR) is 56.0 cm³/mol. The molecule has 0 aromatic heterocycles. The molecule has 3 nitrogen and oxygen atoms in total. The highest BCUT2D eigenvalue weighted by Gasteiger charge is 2.24. The molecule has 1 atom stereocenters. The van der Waals surface area contributed by atoms with Gasteiger partial charge in [-0.25, -0.2) is 0 Å². The van der Waals surface area contributed by atoms with Crippen LogP contribution in [0, 0.1) is 0 Å². The fourth-order valence-corrected chi connectivity index (χ4v) is 2.32. The van der Waals surface area contributed by atoms with Crippen molar-refractivity contribution in [2.45, 2.75) is 31.6 Å². The summed E-state index contributed by atoms with van der Waals surface area (Å²) in [5.41, 5.74) is 2.14. The van der Waals surface area contributed by atoms with Gasteiger partial charge in [-0.05, 0) is 42.4 Å². The number of carboxylic acid groups (broad SMARTS) is 1. The van der Waals surface area contributed by atoms with Gasteiger partial charge in [0.2, 0.25) is 0 Å². The zero-order chi connectivity index (χ0) is 10.8. The second-order valence-corrected chi connectivity index (χ2v) is 4.01. The monoisotopic (exact) mass is 206 g/mol. The maximum atomic E-state index is 10.5. The number of carboxylic acids is 1. The van der Waals surface area contributed by atoms with E-state index in [1.807, 2.05) is 12.1 Å². The summed E-state index contributed by atoms with van der Waals surface area (Å²) in [5, 5.41) is 18.2. The number of phenolic OH excluding ortho intramolecular Hbond substituents is 1. The Hall–Kier alpha value is -1.51. The van der Waals surface area contributed by atoms with Crippen LogP contribution >= 0.6 is 0 Å². The average Bonchev–Trinajstić information content (AvgIpc) is 2.59. The third-order valence-electron chi connectivity index (χ3n) is 3.08. The van der Waals surface area contributed by atoms with Gasteiger partial charge in [0.25, 0.3) is 0 Å². The van der Waals surface area contributed by atoms with Crippen molar-refractivity contribution in [3.05, 3.63) is 29.3 Å². The van der Waals surface area contributed by atoms with Crippen molar-refractivity contribution in [3.63, 3.8) is 0 Å². The van der Waals surface area contributed by atoms with Crippen LogP contribution in [0.3, 0.4) is 0 Å². The molecule has 1 unspecified atom stereocenters. The first-order chi connectivity index (χ1) is 7.18. The molecule has 0 amide bonds. The van der Waals surface area contributed by atoms with E-state index in [2.05, 4.69) is 0 Å². The average molecular weight is 206 g/mol. The molecule has 0 heterocycles. The normalized spacial score (nSPS) is 18.8. The van der Waals surface area contributed by atoms with Gasteiger partial charge in [0.15, 0.2) is 0 Å². The fraction of sp³-hybridized carbons (Fsp3) is 0.417. The SMILES string of the molecule is O=C(O)CCC1CCc2c(O)cccc21. The van der Waals surface area contributed by atoms with Crippen molar-refractivity contribution in [1.29, 1.82) is 0 Å². The summed E-state index contributed by atoms with van der Waals surface area (Å²) in [6.07, 6.45) is 2.71. The minimum absolute atomic E-state index is 0.208. The van der Waals surface area contributed by atoms with Gasteiger partial charge in [-0.3, -0.25) is 4.79 Å². The van der Waals surface area contributed by atoms with Crippen molar-refractivity contribution in [2.24, 2.45) is 0 Å². The third kappa shape index (κ3) is 1.96. The van der Waals surface area contributed by atoms with Gasteiger partial charge >= 0.3 is 5.97 Å². The Morgan fingerprint density at radius 1 is 1.47 bits per heavy atom. The van der Waals surface area contributed by atoms with Crippen molar-refractivity contribution in [3.8, 4) is 5.75 Å². The number of aromatic hydroxyl groups is 1. The summed E-state index contributed by atoms with van der Waals surface area (Å²) in [5.74, 6) is -0.0860. The first-order valence-corrected chi connectivity index (χ1v) is 5.21. The molecule has 2 N–H and O–H groups in total. The van der Waals surface area contributed by atoms with E-state index in [0.717, 1.165) is 24.0 Å².